The molecule has 0 saturated heterocycles. The van der Waals surface area contributed by atoms with E-state index in [1.54, 1.807) is 36.4 Å². The van der Waals surface area contributed by atoms with Crippen molar-refractivity contribution in [3.8, 4) is 17.2 Å². The molecule has 0 amide bonds. The molecule has 2 aromatic rings. The van der Waals surface area contributed by atoms with Crippen LogP contribution in [0, 0.1) is 0 Å². The average Bonchev–Trinajstić information content (AvgIpc) is 2.67. The maximum atomic E-state index is 12.0. The largest absolute Gasteiger partial charge is 0.508 e. The van der Waals surface area contributed by atoms with E-state index >= 15 is 0 Å². The van der Waals surface area contributed by atoms with Gasteiger partial charge in [0.25, 0.3) is 0 Å². The van der Waals surface area contributed by atoms with Crippen LogP contribution < -0.4 is 4.74 Å². The second-order valence-corrected chi connectivity index (χ2v) is 6.70. The molecule has 2 rings (SSSR count). The summed E-state index contributed by atoms with van der Waals surface area (Å²) in [5, 5.41) is 29.4. The summed E-state index contributed by atoms with van der Waals surface area (Å²) < 4.78 is 5.02. The maximum absolute atomic E-state index is 12.0. The molecule has 29 heavy (non-hydrogen) atoms. The molecule has 0 radical (unpaired) electrons. The zero-order valence-electron chi connectivity index (χ0n) is 16.7. The van der Waals surface area contributed by atoms with Crippen molar-refractivity contribution < 1.29 is 24.9 Å². The van der Waals surface area contributed by atoms with Crippen molar-refractivity contribution in [2.75, 3.05) is 21.2 Å². The number of methoxy groups -OCH3 is 1. The molecule has 0 bridgehead atoms. The van der Waals surface area contributed by atoms with Gasteiger partial charge in [-0.15, -0.1) is 0 Å². The third kappa shape index (κ3) is 6.86. The number of hydrogen-bond acceptors (Lipinski definition) is 6. The summed E-state index contributed by atoms with van der Waals surface area (Å²) in [6.07, 6.45) is 7.05. The van der Waals surface area contributed by atoms with Crippen LogP contribution >= 0.6 is 0 Å². The maximum Gasteiger partial charge on any atom is 0.182 e. The van der Waals surface area contributed by atoms with Crippen LogP contribution in [0.3, 0.4) is 0 Å². The zero-order valence-corrected chi connectivity index (χ0v) is 16.7. The van der Waals surface area contributed by atoms with Gasteiger partial charge in [-0.25, -0.2) is 0 Å². The number of hydrogen-bond donors (Lipinski definition) is 3. The predicted molar refractivity (Wildman–Crippen MR) is 114 cm³/mol. The number of carbonyl (C=O) groups excluding carboxylic acids is 1. The summed E-state index contributed by atoms with van der Waals surface area (Å²) in [5.41, 5.74) is 2.23. The van der Waals surface area contributed by atoms with Gasteiger partial charge in [-0.2, -0.15) is 0 Å². The minimum Gasteiger partial charge on any atom is -0.508 e. The van der Waals surface area contributed by atoms with Crippen molar-refractivity contribution in [2.24, 2.45) is 0 Å². The number of phenolic OH excluding ortho intramolecular Hbond substituents is 2. The first kappa shape index (κ1) is 21.8. The first-order chi connectivity index (χ1) is 13.8. The molecule has 0 aliphatic rings. The van der Waals surface area contributed by atoms with Gasteiger partial charge in [-0.1, -0.05) is 24.3 Å². The van der Waals surface area contributed by atoms with Gasteiger partial charge in [-0.3, -0.25) is 4.79 Å². The molecule has 0 heterocycles. The minimum absolute atomic E-state index is 0.0154. The summed E-state index contributed by atoms with van der Waals surface area (Å²) in [5.74, 6) is -0.0461. The van der Waals surface area contributed by atoms with Crippen LogP contribution in [0.25, 0.3) is 12.2 Å². The third-order valence-electron chi connectivity index (χ3n) is 3.97. The molecule has 0 aliphatic carbocycles. The van der Waals surface area contributed by atoms with E-state index in [0.717, 1.165) is 17.2 Å². The molecule has 0 aromatic heterocycles. The van der Waals surface area contributed by atoms with Crippen LogP contribution in [0.5, 0.6) is 17.2 Å². The van der Waals surface area contributed by atoms with E-state index in [0.29, 0.717) is 17.9 Å². The van der Waals surface area contributed by atoms with E-state index in [2.05, 4.69) is 0 Å². The van der Waals surface area contributed by atoms with Gasteiger partial charge in [0.05, 0.1) is 7.11 Å². The van der Waals surface area contributed by atoms with Gasteiger partial charge >= 0.3 is 0 Å². The molecule has 152 valence electrons. The van der Waals surface area contributed by atoms with Gasteiger partial charge in [-0.05, 0) is 61.6 Å². The number of phenols is 2. The lowest BCUT2D eigenvalue weighted by Crippen LogP contribution is -2.10. The first-order valence-electron chi connectivity index (χ1n) is 8.93. The van der Waals surface area contributed by atoms with Crippen LogP contribution in [0.1, 0.15) is 16.7 Å². The molecular weight excluding hydrogens is 370 g/mol. The van der Waals surface area contributed by atoms with Crippen LogP contribution in [0.15, 0.2) is 60.4 Å². The van der Waals surface area contributed by atoms with E-state index in [9.17, 15) is 20.1 Å². The lowest BCUT2D eigenvalue weighted by molar-refractivity contribution is -0.110. The molecular formula is C23H25NO5. The van der Waals surface area contributed by atoms with Gasteiger partial charge in [0.2, 0.25) is 0 Å². The molecule has 0 fully saturated rings. The second-order valence-electron chi connectivity index (χ2n) is 6.70. The molecule has 0 spiro atoms. The van der Waals surface area contributed by atoms with Crippen LogP contribution in [0.4, 0.5) is 0 Å². The first-order valence-corrected chi connectivity index (χ1v) is 8.93. The van der Waals surface area contributed by atoms with Crippen LogP contribution in [-0.2, 0) is 11.3 Å². The van der Waals surface area contributed by atoms with E-state index in [1.807, 2.05) is 25.1 Å². The molecule has 0 aliphatic heterocycles. The Morgan fingerprint density at radius 3 is 2.28 bits per heavy atom. The molecule has 2 aromatic carbocycles. The number of carbonyl (C=O) groups is 1. The Kier molecular flexibility index (Phi) is 7.62. The van der Waals surface area contributed by atoms with E-state index in [-0.39, 0.29) is 17.3 Å². The lowest BCUT2D eigenvalue weighted by atomic mass is 10.1. The zero-order chi connectivity index (χ0) is 21.4. The standard InChI is InChI=1S/C23H25NO5/c1-24(2)15-18-12-16(6-10-21(18)27)4-8-19(25)14-20(26)9-5-17-7-11-22(28)23(13-17)29-3/h4-14,25,27-28H,15H2,1-3H3/b8-4+,9-5+,19-14-. The fourth-order valence-electron chi connectivity index (χ4n) is 2.58. The monoisotopic (exact) mass is 395 g/mol. The van der Waals surface area contributed by atoms with Crippen molar-refractivity contribution in [3.05, 3.63) is 77.1 Å². The number of nitrogens with zero attached hydrogens (tertiary/aromatic N) is 1. The number of ether oxygens (including phenoxy) is 1. The summed E-state index contributed by atoms with van der Waals surface area (Å²) >= 11 is 0. The Hall–Kier alpha value is -3.51. The van der Waals surface area contributed by atoms with E-state index in [4.69, 9.17) is 4.74 Å². The van der Waals surface area contributed by atoms with Crippen molar-refractivity contribution >= 4 is 17.9 Å². The number of allylic oxidation sites excluding steroid dienone is 3. The van der Waals surface area contributed by atoms with E-state index in [1.165, 1.54) is 25.3 Å². The Morgan fingerprint density at radius 1 is 1.00 bits per heavy atom. The number of aliphatic hydroxyl groups is 1. The Labute approximate surface area is 170 Å². The number of benzene rings is 2. The van der Waals surface area contributed by atoms with Gasteiger partial charge in [0, 0.05) is 18.2 Å². The Morgan fingerprint density at radius 2 is 1.62 bits per heavy atom. The minimum atomic E-state index is -0.391. The van der Waals surface area contributed by atoms with Gasteiger partial charge in [0.15, 0.2) is 17.3 Å². The predicted octanol–water partition coefficient (Wildman–Crippen LogP) is 3.91. The second kappa shape index (κ2) is 10.1. The molecule has 0 saturated carbocycles. The van der Waals surface area contributed by atoms with Crippen LogP contribution in [-0.4, -0.2) is 47.2 Å². The Balaban J connectivity index is 2.06. The molecule has 6 heteroatoms. The number of aliphatic hydroxyl groups excluding tert-OH is 1. The fourth-order valence-corrected chi connectivity index (χ4v) is 2.58. The number of rotatable bonds is 8. The fraction of sp³-hybridized carbons (Fsp3) is 0.174. The smallest absolute Gasteiger partial charge is 0.182 e. The highest BCUT2D eigenvalue weighted by Crippen LogP contribution is 2.26. The summed E-state index contributed by atoms with van der Waals surface area (Å²) in [6.45, 7) is 0.584. The quantitative estimate of drug-likeness (QED) is 0.357. The van der Waals surface area contributed by atoms with E-state index < -0.39 is 5.78 Å². The molecule has 3 N–H and O–H groups in total. The van der Waals surface area contributed by atoms with Crippen LogP contribution in [0.2, 0.25) is 0 Å². The molecule has 0 atom stereocenters. The van der Waals surface area contributed by atoms with Gasteiger partial charge in [0.1, 0.15) is 11.5 Å². The highest BCUT2D eigenvalue weighted by molar-refractivity contribution is 6.02. The topological polar surface area (TPSA) is 90.2 Å². The SMILES string of the molecule is COc1cc(/C=C/C(=O)/C=C(O)/C=C/c2ccc(O)c(CN(C)C)c2)ccc1O. The van der Waals surface area contributed by atoms with Gasteiger partial charge < -0.3 is 25.0 Å². The Bertz CT molecular complexity index is 958. The number of ketones is 1. The highest BCUT2D eigenvalue weighted by atomic mass is 16.5. The molecule has 6 nitrogen and oxygen atoms in total. The third-order valence-corrected chi connectivity index (χ3v) is 3.97. The molecule has 0 unspecified atom stereocenters. The van der Waals surface area contributed by atoms with Crippen molar-refractivity contribution in [1.29, 1.82) is 0 Å². The average molecular weight is 395 g/mol. The number of aromatic hydroxyl groups is 2. The van der Waals surface area contributed by atoms with Crippen molar-refractivity contribution in [1.82, 2.24) is 4.90 Å². The lowest BCUT2D eigenvalue weighted by Gasteiger charge is -2.11. The highest BCUT2D eigenvalue weighted by Gasteiger charge is 2.04. The van der Waals surface area contributed by atoms with Crippen molar-refractivity contribution in [3.63, 3.8) is 0 Å². The summed E-state index contributed by atoms with van der Waals surface area (Å²) in [7, 11) is 5.26. The van der Waals surface area contributed by atoms with Crippen molar-refractivity contribution in [2.45, 2.75) is 6.54 Å². The summed E-state index contributed by atoms with van der Waals surface area (Å²) in [6, 6.07) is 9.84. The normalized spacial score (nSPS) is 12.2. The summed E-state index contributed by atoms with van der Waals surface area (Å²) in [4.78, 5) is 13.9.